The zero-order chi connectivity index (χ0) is 24.2. The fourth-order valence-corrected chi connectivity index (χ4v) is 2.67. The van der Waals surface area contributed by atoms with Gasteiger partial charge in [-0.1, -0.05) is 42.5 Å². The molecule has 1 heterocycles. The second-order valence-corrected chi connectivity index (χ2v) is 7.07. The first-order valence-electron chi connectivity index (χ1n) is 10.4. The standard InChI is InChI=1S/C18H23NO7.C6H4O/c1-4-24-17(22)16(26-13(3)20)15(21)10-12(2)19-18(23)25-11-14-8-6-5-7-9-14;1-2-4-6-5(3-1)7-6/h5-9,12,16H,4,10-11H2,1-3H3,(H,19,23);1-4H. The number of benzene rings is 2. The maximum atomic E-state index is 12.2. The minimum absolute atomic E-state index is 0.0451. The molecule has 2 atom stereocenters. The number of fused-ring (bicyclic) bond motifs is 1. The van der Waals surface area contributed by atoms with Gasteiger partial charge in [0, 0.05) is 19.4 Å². The smallest absolute Gasteiger partial charge is 0.407 e. The molecule has 0 radical (unpaired) electrons. The van der Waals surface area contributed by atoms with Gasteiger partial charge in [0.1, 0.15) is 6.61 Å². The Morgan fingerprint density at radius 3 is 2.09 bits per heavy atom. The molecule has 0 fully saturated rings. The van der Waals surface area contributed by atoms with Gasteiger partial charge in [-0.05, 0) is 31.5 Å². The third-order valence-electron chi connectivity index (χ3n) is 4.19. The number of ether oxygens (including phenoxy) is 4. The Kier molecular flexibility index (Phi) is 9.88. The summed E-state index contributed by atoms with van der Waals surface area (Å²) >= 11 is 0. The predicted molar refractivity (Wildman–Crippen MR) is 118 cm³/mol. The van der Waals surface area contributed by atoms with Crippen molar-refractivity contribution < 1.29 is 38.1 Å². The molecular formula is C24H27NO8. The van der Waals surface area contributed by atoms with E-state index in [0.717, 1.165) is 24.0 Å². The van der Waals surface area contributed by atoms with E-state index in [1.54, 1.807) is 13.8 Å². The van der Waals surface area contributed by atoms with Gasteiger partial charge in [-0.3, -0.25) is 9.59 Å². The zero-order valence-electron chi connectivity index (χ0n) is 18.7. The van der Waals surface area contributed by atoms with Crippen LogP contribution in [0.5, 0.6) is 11.5 Å². The van der Waals surface area contributed by atoms with Crippen molar-refractivity contribution in [1.82, 2.24) is 5.32 Å². The summed E-state index contributed by atoms with van der Waals surface area (Å²) in [4.78, 5) is 46.8. The second kappa shape index (κ2) is 12.8. The first kappa shape index (κ1) is 25.4. The molecule has 1 aliphatic heterocycles. The van der Waals surface area contributed by atoms with E-state index in [-0.39, 0.29) is 19.6 Å². The molecule has 0 aromatic heterocycles. The first-order chi connectivity index (χ1) is 15.8. The van der Waals surface area contributed by atoms with Crippen LogP contribution in [-0.2, 0) is 35.2 Å². The Balaban J connectivity index is 0.000000456. The van der Waals surface area contributed by atoms with E-state index in [1.807, 2.05) is 54.6 Å². The molecule has 1 N–H and O–H groups in total. The van der Waals surface area contributed by atoms with Crippen molar-refractivity contribution in [1.29, 1.82) is 0 Å². The number of hydrogen-bond donors (Lipinski definition) is 1. The van der Waals surface area contributed by atoms with Gasteiger partial charge in [-0.15, -0.1) is 0 Å². The number of carbonyl (C=O) groups is 4. The van der Waals surface area contributed by atoms with Crippen LogP contribution in [0.15, 0.2) is 54.6 Å². The van der Waals surface area contributed by atoms with Gasteiger partial charge in [-0.2, -0.15) is 0 Å². The second-order valence-electron chi connectivity index (χ2n) is 7.07. The Labute approximate surface area is 192 Å². The number of carbonyl (C=O) groups excluding carboxylic acids is 4. The highest BCUT2D eigenvalue weighted by atomic mass is 16.6. The van der Waals surface area contributed by atoms with Crippen LogP contribution in [0.2, 0.25) is 0 Å². The van der Waals surface area contributed by atoms with Gasteiger partial charge in [-0.25, -0.2) is 9.59 Å². The molecule has 2 unspecified atom stereocenters. The number of alkyl carbamates (subject to hydrolysis) is 1. The van der Waals surface area contributed by atoms with Crippen LogP contribution in [0.3, 0.4) is 0 Å². The van der Waals surface area contributed by atoms with Crippen molar-refractivity contribution in [2.45, 2.75) is 45.9 Å². The highest BCUT2D eigenvalue weighted by molar-refractivity contribution is 6.03. The van der Waals surface area contributed by atoms with Crippen molar-refractivity contribution in [3.8, 4) is 11.5 Å². The number of para-hydroxylation sites is 2. The SMILES string of the molecule is CCOC(=O)C(OC(C)=O)C(=O)CC(C)NC(=O)OCc1ccccc1.c1ccc2c(c1)O2. The van der Waals surface area contributed by atoms with Gasteiger partial charge in [0.25, 0.3) is 6.10 Å². The van der Waals surface area contributed by atoms with Crippen molar-refractivity contribution in [2.75, 3.05) is 6.61 Å². The third kappa shape index (κ3) is 9.42. The lowest BCUT2D eigenvalue weighted by molar-refractivity contribution is -0.170. The molecule has 9 heteroatoms. The van der Waals surface area contributed by atoms with Crippen molar-refractivity contribution in [2.24, 2.45) is 0 Å². The van der Waals surface area contributed by atoms with Crippen LogP contribution in [-0.4, -0.2) is 42.6 Å². The number of ketones is 1. The summed E-state index contributed by atoms with van der Waals surface area (Å²) < 4.78 is 19.4. The van der Waals surface area contributed by atoms with Crippen LogP contribution >= 0.6 is 0 Å². The molecule has 0 saturated carbocycles. The minimum Gasteiger partial charge on any atom is -0.463 e. The van der Waals surface area contributed by atoms with Crippen LogP contribution in [0.4, 0.5) is 4.79 Å². The van der Waals surface area contributed by atoms with Gasteiger partial charge in [0.05, 0.1) is 6.61 Å². The van der Waals surface area contributed by atoms with Gasteiger partial charge >= 0.3 is 18.0 Å². The molecule has 1 amide bonds. The van der Waals surface area contributed by atoms with Gasteiger partial charge in [0.2, 0.25) is 0 Å². The summed E-state index contributed by atoms with van der Waals surface area (Å²) in [5, 5.41) is 2.49. The quantitative estimate of drug-likeness (QED) is 0.224. The molecule has 2 aromatic rings. The van der Waals surface area contributed by atoms with E-state index in [0.29, 0.717) is 0 Å². The van der Waals surface area contributed by atoms with Crippen molar-refractivity contribution >= 4 is 23.8 Å². The molecule has 176 valence electrons. The molecule has 9 nitrogen and oxygen atoms in total. The number of amides is 1. The fourth-order valence-electron chi connectivity index (χ4n) is 2.67. The van der Waals surface area contributed by atoms with Crippen LogP contribution in [0.25, 0.3) is 0 Å². The lowest BCUT2D eigenvalue weighted by Gasteiger charge is -2.17. The largest absolute Gasteiger partial charge is 0.463 e. The average molecular weight is 457 g/mol. The van der Waals surface area contributed by atoms with E-state index in [1.165, 1.54) is 0 Å². The van der Waals surface area contributed by atoms with E-state index in [2.05, 4.69) is 5.32 Å². The topological polar surface area (TPSA) is 121 Å². The number of rotatable bonds is 9. The van der Waals surface area contributed by atoms with Gasteiger partial charge in [0.15, 0.2) is 17.3 Å². The third-order valence-corrected chi connectivity index (χ3v) is 4.19. The van der Waals surface area contributed by atoms with E-state index < -0.39 is 36.0 Å². The molecular weight excluding hydrogens is 430 g/mol. The molecule has 0 aliphatic carbocycles. The maximum absolute atomic E-state index is 12.2. The van der Waals surface area contributed by atoms with Gasteiger partial charge < -0.3 is 24.3 Å². The Morgan fingerprint density at radius 1 is 0.939 bits per heavy atom. The summed E-state index contributed by atoms with van der Waals surface area (Å²) in [5.74, 6) is -0.328. The normalized spacial score (nSPS) is 12.3. The predicted octanol–water partition coefficient (Wildman–Crippen LogP) is 3.55. The lowest BCUT2D eigenvalue weighted by atomic mass is 10.1. The summed E-state index contributed by atoms with van der Waals surface area (Å²) in [5.41, 5.74) is 0.823. The summed E-state index contributed by atoms with van der Waals surface area (Å²) in [7, 11) is 0. The molecule has 0 saturated heterocycles. The van der Waals surface area contributed by atoms with Crippen molar-refractivity contribution in [3.05, 3.63) is 60.2 Å². The maximum Gasteiger partial charge on any atom is 0.407 e. The molecule has 1 aliphatic rings. The fraction of sp³-hybridized carbons (Fsp3) is 0.333. The average Bonchev–Trinajstić information content (AvgIpc) is 3.57. The Hall–Kier alpha value is -3.88. The molecule has 3 rings (SSSR count). The van der Waals surface area contributed by atoms with E-state index in [9.17, 15) is 19.2 Å². The Bertz CT molecular complexity index is 939. The Morgan fingerprint density at radius 2 is 1.55 bits per heavy atom. The highest BCUT2D eigenvalue weighted by Crippen LogP contribution is 2.43. The number of hydrogen-bond acceptors (Lipinski definition) is 8. The first-order valence-corrected chi connectivity index (χ1v) is 10.4. The zero-order valence-corrected chi connectivity index (χ0v) is 18.7. The molecule has 0 spiro atoms. The van der Waals surface area contributed by atoms with Crippen LogP contribution in [0, 0.1) is 0 Å². The summed E-state index contributed by atoms with van der Waals surface area (Å²) in [6.45, 7) is 4.36. The monoisotopic (exact) mass is 457 g/mol. The minimum atomic E-state index is -1.64. The van der Waals surface area contributed by atoms with E-state index in [4.69, 9.17) is 18.9 Å². The highest BCUT2D eigenvalue weighted by Gasteiger charge is 2.32. The van der Waals surface area contributed by atoms with Crippen molar-refractivity contribution in [3.63, 3.8) is 0 Å². The lowest BCUT2D eigenvalue weighted by Crippen LogP contribution is -2.41. The number of nitrogens with one attached hydrogen (secondary N) is 1. The number of Topliss-reactive ketones (excluding diaryl/α,β-unsaturated/α-hetero) is 1. The molecule has 2 aromatic carbocycles. The number of esters is 2. The van der Waals surface area contributed by atoms with Crippen LogP contribution in [0.1, 0.15) is 32.8 Å². The summed E-state index contributed by atoms with van der Waals surface area (Å²) in [6, 6.07) is 16.3. The molecule has 33 heavy (non-hydrogen) atoms. The van der Waals surface area contributed by atoms with E-state index >= 15 is 0 Å². The van der Waals surface area contributed by atoms with Crippen LogP contribution < -0.4 is 10.1 Å². The summed E-state index contributed by atoms with van der Waals surface area (Å²) in [6.07, 6.45) is -2.57. The molecule has 0 bridgehead atoms.